The van der Waals surface area contributed by atoms with Gasteiger partial charge in [-0.1, -0.05) is 25.1 Å². The lowest BCUT2D eigenvalue weighted by molar-refractivity contribution is 0.288. The van der Waals surface area contributed by atoms with Gasteiger partial charge < -0.3 is 5.11 Å². The third-order valence-corrected chi connectivity index (χ3v) is 4.83. The molecule has 0 amide bonds. The summed E-state index contributed by atoms with van der Waals surface area (Å²) in [7, 11) is -3.44. The monoisotopic (exact) mass is 283 g/mol. The van der Waals surface area contributed by atoms with Crippen LogP contribution in [-0.2, 0) is 16.4 Å². The number of nitrogens with zero attached hydrogens (tertiary/aromatic N) is 1. The van der Waals surface area contributed by atoms with Crippen molar-refractivity contribution in [2.75, 3.05) is 19.7 Å². The van der Waals surface area contributed by atoms with E-state index in [2.05, 4.69) is 6.58 Å². The van der Waals surface area contributed by atoms with Crippen LogP contribution in [0.4, 0.5) is 0 Å². The van der Waals surface area contributed by atoms with E-state index < -0.39 is 10.0 Å². The summed E-state index contributed by atoms with van der Waals surface area (Å²) in [5, 5.41) is 8.76. The first-order chi connectivity index (χ1) is 9.06. The Morgan fingerprint density at radius 1 is 1.32 bits per heavy atom. The first kappa shape index (κ1) is 15.9. The van der Waals surface area contributed by atoms with Gasteiger partial charge in [-0.3, -0.25) is 0 Å². The van der Waals surface area contributed by atoms with Gasteiger partial charge in [0.1, 0.15) is 0 Å². The molecule has 4 nitrogen and oxygen atoms in total. The minimum absolute atomic E-state index is 0.142. The quantitative estimate of drug-likeness (QED) is 0.740. The van der Waals surface area contributed by atoms with Crippen molar-refractivity contribution >= 4 is 10.0 Å². The average Bonchev–Trinajstić information content (AvgIpc) is 2.42. The van der Waals surface area contributed by atoms with Crippen LogP contribution in [0.2, 0.25) is 0 Å². The van der Waals surface area contributed by atoms with E-state index in [-0.39, 0.29) is 6.61 Å². The zero-order valence-corrected chi connectivity index (χ0v) is 12.1. The molecular formula is C14H21NO3S. The number of aliphatic hydroxyl groups excluding tert-OH is 1. The summed E-state index contributed by atoms with van der Waals surface area (Å²) in [4.78, 5) is 0.295. The van der Waals surface area contributed by atoms with Crippen molar-refractivity contribution in [1.29, 1.82) is 0 Å². The maximum Gasteiger partial charge on any atom is 0.243 e. The smallest absolute Gasteiger partial charge is 0.243 e. The second-order valence-electron chi connectivity index (χ2n) is 4.22. The Morgan fingerprint density at radius 2 is 1.95 bits per heavy atom. The van der Waals surface area contributed by atoms with Crippen molar-refractivity contribution in [2.45, 2.75) is 24.7 Å². The van der Waals surface area contributed by atoms with E-state index >= 15 is 0 Å². The highest BCUT2D eigenvalue weighted by Gasteiger charge is 2.21. The largest absolute Gasteiger partial charge is 0.396 e. The summed E-state index contributed by atoms with van der Waals surface area (Å²) < 4.78 is 26.0. The number of sulfonamides is 1. The van der Waals surface area contributed by atoms with E-state index in [1.54, 1.807) is 37.3 Å². The molecule has 1 aromatic rings. The zero-order chi connectivity index (χ0) is 14.3. The van der Waals surface area contributed by atoms with Crippen LogP contribution in [0.1, 0.15) is 18.9 Å². The third kappa shape index (κ3) is 4.16. The molecule has 0 atom stereocenters. The number of aliphatic hydroxyl groups is 1. The van der Waals surface area contributed by atoms with Crippen molar-refractivity contribution in [3.05, 3.63) is 42.5 Å². The molecule has 1 rings (SSSR count). The molecule has 1 aromatic carbocycles. The molecule has 0 aliphatic rings. The van der Waals surface area contributed by atoms with Gasteiger partial charge in [0.05, 0.1) is 4.90 Å². The number of likely N-dealkylation sites (N-methyl/N-ethyl adjacent to an activating group) is 1. The second kappa shape index (κ2) is 7.43. The van der Waals surface area contributed by atoms with E-state index in [1.807, 2.05) is 0 Å². The molecule has 1 N–H and O–H groups in total. The molecule has 19 heavy (non-hydrogen) atoms. The fourth-order valence-electron chi connectivity index (χ4n) is 1.80. The van der Waals surface area contributed by atoms with Crippen LogP contribution < -0.4 is 0 Å². The van der Waals surface area contributed by atoms with E-state index in [9.17, 15) is 8.42 Å². The van der Waals surface area contributed by atoms with Gasteiger partial charge >= 0.3 is 0 Å². The van der Waals surface area contributed by atoms with Gasteiger partial charge in [0, 0.05) is 19.7 Å². The zero-order valence-electron chi connectivity index (χ0n) is 11.2. The van der Waals surface area contributed by atoms with E-state index in [4.69, 9.17) is 5.11 Å². The Balaban J connectivity index is 2.92. The summed E-state index contributed by atoms with van der Waals surface area (Å²) in [6.07, 6.45) is 3.02. The van der Waals surface area contributed by atoms with Crippen LogP contribution in [0, 0.1) is 0 Å². The molecule has 0 spiro atoms. The highest BCUT2D eigenvalue weighted by atomic mass is 32.2. The topological polar surface area (TPSA) is 57.6 Å². The normalized spacial score (nSPS) is 11.7. The summed E-state index contributed by atoms with van der Waals surface area (Å²) in [5.41, 5.74) is 1.03. The van der Waals surface area contributed by atoms with Gasteiger partial charge in [-0.15, -0.1) is 6.58 Å². The maximum absolute atomic E-state index is 12.3. The number of hydrogen-bond donors (Lipinski definition) is 1. The van der Waals surface area contributed by atoms with Gasteiger partial charge in [0.15, 0.2) is 0 Å². The van der Waals surface area contributed by atoms with Crippen LogP contribution in [0.3, 0.4) is 0 Å². The van der Waals surface area contributed by atoms with Crippen LogP contribution in [0.25, 0.3) is 0 Å². The lowest BCUT2D eigenvalue weighted by Gasteiger charge is -2.18. The molecule has 0 aliphatic carbocycles. The van der Waals surface area contributed by atoms with E-state index in [0.29, 0.717) is 24.4 Å². The number of hydrogen-bond acceptors (Lipinski definition) is 3. The van der Waals surface area contributed by atoms with Crippen LogP contribution >= 0.6 is 0 Å². The predicted octanol–water partition coefficient (Wildman–Crippen LogP) is 1.81. The van der Waals surface area contributed by atoms with Crippen molar-refractivity contribution < 1.29 is 13.5 Å². The van der Waals surface area contributed by atoms with Gasteiger partial charge in [-0.2, -0.15) is 4.31 Å². The van der Waals surface area contributed by atoms with Crippen LogP contribution in [0.5, 0.6) is 0 Å². The number of aryl methyl sites for hydroxylation is 1. The summed E-state index contributed by atoms with van der Waals surface area (Å²) in [5.74, 6) is 0. The van der Waals surface area contributed by atoms with Crippen molar-refractivity contribution in [1.82, 2.24) is 4.31 Å². The van der Waals surface area contributed by atoms with E-state index in [0.717, 1.165) is 12.0 Å². The second-order valence-corrected chi connectivity index (χ2v) is 6.15. The van der Waals surface area contributed by atoms with Crippen molar-refractivity contribution in [2.24, 2.45) is 0 Å². The minimum Gasteiger partial charge on any atom is -0.396 e. The summed E-state index contributed by atoms with van der Waals surface area (Å²) in [6, 6.07) is 6.83. The molecule has 0 bridgehead atoms. The fourth-order valence-corrected chi connectivity index (χ4v) is 3.22. The number of rotatable bonds is 8. The minimum atomic E-state index is -3.44. The molecular weight excluding hydrogens is 262 g/mol. The average molecular weight is 283 g/mol. The van der Waals surface area contributed by atoms with Gasteiger partial charge in [0.25, 0.3) is 0 Å². The summed E-state index contributed by atoms with van der Waals surface area (Å²) >= 11 is 0. The van der Waals surface area contributed by atoms with Crippen molar-refractivity contribution in [3.8, 4) is 0 Å². The van der Waals surface area contributed by atoms with Crippen molar-refractivity contribution in [3.63, 3.8) is 0 Å². The molecule has 0 unspecified atom stereocenters. The first-order valence-electron chi connectivity index (χ1n) is 6.37. The van der Waals surface area contributed by atoms with Gasteiger partial charge in [-0.25, -0.2) is 8.42 Å². The highest BCUT2D eigenvalue weighted by molar-refractivity contribution is 7.89. The maximum atomic E-state index is 12.3. The fraction of sp³-hybridized carbons (Fsp3) is 0.429. The molecule has 0 fully saturated rings. The van der Waals surface area contributed by atoms with Gasteiger partial charge in [-0.05, 0) is 30.5 Å². The molecule has 0 aromatic heterocycles. The Hall–Kier alpha value is -1.17. The lowest BCUT2D eigenvalue weighted by atomic mass is 10.1. The predicted molar refractivity (Wildman–Crippen MR) is 76.5 cm³/mol. The Labute approximate surface area is 115 Å². The molecule has 0 radical (unpaired) electrons. The SMILES string of the molecule is C=CCN(CC)S(=O)(=O)c1ccc(CCCO)cc1. The van der Waals surface area contributed by atoms with Crippen LogP contribution in [-0.4, -0.2) is 37.5 Å². The molecule has 0 saturated heterocycles. The highest BCUT2D eigenvalue weighted by Crippen LogP contribution is 2.16. The molecule has 5 heteroatoms. The molecule has 0 heterocycles. The Morgan fingerprint density at radius 3 is 2.42 bits per heavy atom. The molecule has 106 valence electrons. The third-order valence-electron chi connectivity index (χ3n) is 2.87. The molecule has 0 aliphatic heterocycles. The Kier molecular flexibility index (Phi) is 6.21. The number of benzene rings is 1. The van der Waals surface area contributed by atoms with Gasteiger partial charge in [0.2, 0.25) is 10.0 Å². The lowest BCUT2D eigenvalue weighted by Crippen LogP contribution is -2.30. The summed E-state index contributed by atoms with van der Waals surface area (Å²) in [6.45, 7) is 6.25. The first-order valence-corrected chi connectivity index (χ1v) is 7.81. The van der Waals surface area contributed by atoms with Crippen LogP contribution in [0.15, 0.2) is 41.8 Å². The molecule has 0 saturated carbocycles. The standard InChI is InChI=1S/C14H21NO3S/c1-3-11-15(4-2)19(17,18)14-9-7-13(8-10-14)6-5-12-16/h3,7-10,16H,1,4-6,11-12H2,2H3. The Bertz CT molecular complexity index is 494. The van der Waals surface area contributed by atoms with E-state index in [1.165, 1.54) is 4.31 Å².